The Morgan fingerprint density at radius 2 is 1.13 bits per heavy atom. The van der Waals surface area contributed by atoms with Crippen LogP contribution >= 0.6 is 0 Å². The Morgan fingerprint density at radius 1 is 0.733 bits per heavy atom. The van der Waals surface area contributed by atoms with Crippen molar-refractivity contribution in [2.45, 2.75) is 65.2 Å². The maximum atomic E-state index is 8.94. The second kappa shape index (κ2) is 9.17. The van der Waals surface area contributed by atoms with Gasteiger partial charge in [0.15, 0.2) is 0 Å². The van der Waals surface area contributed by atoms with Crippen LogP contribution in [-0.4, -0.2) is 23.4 Å². The average molecular weight is 216 g/mol. The second-order valence-corrected chi connectivity index (χ2v) is 4.65. The third-order valence-electron chi connectivity index (χ3n) is 3.29. The van der Waals surface area contributed by atoms with Gasteiger partial charge in [0.1, 0.15) is 0 Å². The summed E-state index contributed by atoms with van der Waals surface area (Å²) in [5.74, 6) is 0. The van der Waals surface area contributed by atoms with Crippen LogP contribution < -0.4 is 0 Å². The van der Waals surface area contributed by atoms with Gasteiger partial charge in [-0.05, 0) is 43.9 Å². The molecule has 0 aliphatic carbocycles. The highest BCUT2D eigenvalue weighted by Crippen LogP contribution is 2.39. The molecule has 0 aliphatic rings. The van der Waals surface area contributed by atoms with Crippen LogP contribution in [0.4, 0.5) is 0 Å². The predicted octanol–water partition coefficient (Wildman–Crippen LogP) is 3.12. The molecule has 0 spiro atoms. The van der Waals surface area contributed by atoms with Crippen molar-refractivity contribution in [1.29, 1.82) is 0 Å². The standard InChI is InChI=1S/C13H28O2/c1-3-7-13(8-4-2,9-5-11-14)10-6-12-15/h14-15H,3-12H2,1-2H3. The molecule has 15 heavy (non-hydrogen) atoms. The molecule has 2 nitrogen and oxygen atoms in total. The van der Waals surface area contributed by atoms with E-state index in [9.17, 15) is 0 Å². The fourth-order valence-electron chi connectivity index (χ4n) is 2.72. The molecule has 2 N–H and O–H groups in total. The third kappa shape index (κ3) is 6.16. The zero-order chi connectivity index (χ0) is 11.6. The molecular weight excluding hydrogens is 188 g/mol. The van der Waals surface area contributed by atoms with E-state index in [1.54, 1.807) is 0 Å². The topological polar surface area (TPSA) is 40.5 Å². The molecule has 0 bridgehead atoms. The Balaban J connectivity index is 4.26. The van der Waals surface area contributed by atoms with Gasteiger partial charge in [0, 0.05) is 13.2 Å². The molecule has 2 heteroatoms. The van der Waals surface area contributed by atoms with Crippen molar-refractivity contribution in [2.24, 2.45) is 5.41 Å². The van der Waals surface area contributed by atoms with Crippen molar-refractivity contribution < 1.29 is 10.2 Å². The summed E-state index contributed by atoms with van der Waals surface area (Å²) in [6.07, 6.45) is 8.93. The first-order valence-electron chi connectivity index (χ1n) is 6.46. The summed E-state index contributed by atoms with van der Waals surface area (Å²) >= 11 is 0. The summed E-state index contributed by atoms with van der Waals surface area (Å²) in [4.78, 5) is 0. The first-order valence-corrected chi connectivity index (χ1v) is 6.46. The van der Waals surface area contributed by atoms with Crippen LogP contribution in [0, 0.1) is 5.41 Å². The lowest BCUT2D eigenvalue weighted by atomic mass is 9.72. The molecule has 0 aromatic heterocycles. The lowest BCUT2D eigenvalue weighted by molar-refractivity contribution is 0.149. The van der Waals surface area contributed by atoms with Gasteiger partial charge in [-0.3, -0.25) is 0 Å². The second-order valence-electron chi connectivity index (χ2n) is 4.65. The van der Waals surface area contributed by atoms with Crippen molar-refractivity contribution in [3.63, 3.8) is 0 Å². The van der Waals surface area contributed by atoms with Gasteiger partial charge in [0.25, 0.3) is 0 Å². The van der Waals surface area contributed by atoms with E-state index < -0.39 is 0 Å². The maximum absolute atomic E-state index is 8.94. The molecule has 0 aromatic rings. The quantitative estimate of drug-likeness (QED) is 0.589. The lowest BCUT2D eigenvalue weighted by Crippen LogP contribution is -2.21. The van der Waals surface area contributed by atoms with E-state index in [1.165, 1.54) is 25.7 Å². The summed E-state index contributed by atoms with van der Waals surface area (Å²) in [6.45, 7) is 5.05. The van der Waals surface area contributed by atoms with Crippen LogP contribution in [-0.2, 0) is 0 Å². The zero-order valence-corrected chi connectivity index (χ0v) is 10.5. The van der Waals surface area contributed by atoms with Crippen LogP contribution in [0.3, 0.4) is 0 Å². The van der Waals surface area contributed by atoms with Gasteiger partial charge in [0.2, 0.25) is 0 Å². The Morgan fingerprint density at radius 3 is 1.40 bits per heavy atom. The molecule has 0 saturated carbocycles. The zero-order valence-electron chi connectivity index (χ0n) is 10.5. The molecule has 92 valence electrons. The highest BCUT2D eigenvalue weighted by Gasteiger charge is 2.26. The molecule has 0 aromatic carbocycles. The van der Waals surface area contributed by atoms with Gasteiger partial charge >= 0.3 is 0 Å². The highest BCUT2D eigenvalue weighted by molar-refractivity contribution is 4.78. The Kier molecular flexibility index (Phi) is 9.12. The van der Waals surface area contributed by atoms with Gasteiger partial charge in [-0.2, -0.15) is 0 Å². The molecule has 0 atom stereocenters. The molecular formula is C13H28O2. The normalized spacial score (nSPS) is 12.0. The molecule has 0 fully saturated rings. The van der Waals surface area contributed by atoms with Crippen LogP contribution in [0.15, 0.2) is 0 Å². The van der Waals surface area contributed by atoms with Crippen molar-refractivity contribution in [3.8, 4) is 0 Å². The maximum Gasteiger partial charge on any atom is 0.0431 e. The van der Waals surface area contributed by atoms with Crippen molar-refractivity contribution in [2.75, 3.05) is 13.2 Å². The fourth-order valence-corrected chi connectivity index (χ4v) is 2.72. The molecule has 0 amide bonds. The largest absolute Gasteiger partial charge is 0.396 e. The van der Waals surface area contributed by atoms with Gasteiger partial charge < -0.3 is 10.2 Å². The van der Waals surface area contributed by atoms with Crippen LogP contribution in [0.5, 0.6) is 0 Å². The van der Waals surface area contributed by atoms with E-state index in [0.717, 1.165) is 25.7 Å². The molecule has 0 saturated heterocycles. The van der Waals surface area contributed by atoms with Crippen LogP contribution in [0.2, 0.25) is 0 Å². The summed E-state index contributed by atoms with van der Waals surface area (Å²) < 4.78 is 0. The third-order valence-corrected chi connectivity index (χ3v) is 3.29. The van der Waals surface area contributed by atoms with E-state index in [2.05, 4.69) is 13.8 Å². The van der Waals surface area contributed by atoms with Gasteiger partial charge in [-0.25, -0.2) is 0 Å². The Bertz CT molecular complexity index is 118. The number of aliphatic hydroxyl groups is 2. The van der Waals surface area contributed by atoms with Crippen molar-refractivity contribution in [1.82, 2.24) is 0 Å². The first kappa shape index (κ1) is 14.9. The molecule has 0 aliphatic heterocycles. The minimum Gasteiger partial charge on any atom is -0.396 e. The predicted molar refractivity (Wildman–Crippen MR) is 64.9 cm³/mol. The van der Waals surface area contributed by atoms with Crippen molar-refractivity contribution in [3.05, 3.63) is 0 Å². The fraction of sp³-hybridized carbons (Fsp3) is 1.00. The van der Waals surface area contributed by atoms with E-state index in [4.69, 9.17) is 10.2 Å². The first-order chi connectivity index (χ1) is 7.24. The van der Waals surface area contributed by atoms with Gasteiger partial charge in [-0.15, -0.1) is 0 Å². The summed E-state index contributed by atoms with van der Waals surface area (Å²) in [5, 5.41) is 17.9. The lowest BCUT2D eigenvalue weighted by Gasteiger charge is -2.33. The van der Waals surface area contributed by atoms with E-state index in [-0.39, 0.29) is 0 Å². The number of hydrogen-bond donors (Lipinski definition) is 2. The Labute approximate surface area is 94.7 Å². The summed E-state index contributed by atoms with van der Waals surface area (Å²) in [7, 11) is 0. The minimum atomic E-state index is 0.300. The van der Waals surface area contributed by atoms with E-state index in [1.807, 2.05) is 0 Å². The molecule has 0 unspecified atom stereocenters. The molecule has 0 rings (SSSR count). The Hall–Kier alpha value is -0.0800. The molecule has 0 heterocycles. The highest BCUT2D eigenvalue weighted by atomic mass is 16.3. The smallest absolute Gasteiger partial charge is 0.0431 e. The summed E-state index contributed by atoms with van der Waals surface area (Å²) in [5.41, 5.74) is 0.384. The minimum absolute atomic E-state index is 0.300. The van der Waals surface area contributed by atoms with Gasteiger partial charge in [0.05, 0.1) is 0 Å². The van der Waals surface area contributed by atoms with E-state index in [0.29, 0.717) is 18.6 Å². The van der Waals surface area contributed by atoms with Crippen molar-refractivity contribution >= 4 is 0 Å². The summed E-state index contributed by atoms with van der Waals surface area (Å²) in [6, 6.07) is 0. The van der Waals surface area contributed by atoms with Gasteiger partial charge in [-0.1, -0.05) is 26.7 Å². The van der Waals surface area contributed by atoms with Crippen LogP contribution in [0.25, 0.3) is 0 Å². The number of hydrogen-bond acceptors (Lipinski definition) is 2. The SMILES string of the molecule is CCCC(CCC)(CCCO)CCCO. The molecule has 0 radical (unpaired) electrons. The number of rotatable bonds is 10. The van der Waals surface area contributed by atoms with Crippen LogP contribution in [0.1, 0.15) is 65.2 Å². The average Bonchev–Trinajstić information content (AvgIpc) is 2.24. The monoisotopic (exact) mass is 216 g/mol. The van der Waals surface area contributed by atoms with E-state index >= 15 is 0 Å². The number of aliphatic hydroxyl groups excluding tert-OH is 2.